The second-order valence-corrected chi connectivity index (χ2v) is 10.6. The standard InChI is InChI=1S/C28H28N8O2/c1-33-23(37)27(35(3)25(33)29)13-17-15-9-6-8-12-20(15)32-22(17)28(24(38)34(2)26(30)36(28)4)21(27)18-14-31-19-11-7-5-10-16(18)19/h5-12,14,21,29-32H,13H2,1-4H3/t21-,27-,28+/m1/s1. The van der Waals surface area contributed by atoms with Crippen LogP contribution in [0.5, 0.6) is 0 Å². The predicted octanol–water partition coefficient (Wildman–Crippen LogP) is 2.60. The lowest BCUT2D eigenvalue weighted by molar-refractivity contribution is -0.142. The minimum absolute atomic E-state index is 0.0537. The summed E-state index contributed by atoms with van der Waals surface area (Å²) in [4.78, 5) is 42.2. The molecule has 1 aliphatic carbocycles. The molecule has 0 bridgehead atoms. The van der Waals surface area contributed by atoms with Gasteiger partial charge in [-0.3, -0.25) is 30.2 Å². The molecule has 2 saturated heterocycles. The van der Waals surface area contributed by atoms with E-state index in [-0.39, 0.29) is 23.7 Å². The van der Waals surface area contributed by atoms with E-state index in [2.05, 4.69) is 9.97 Å². The molecule has 4 aromatic rings. The van der Waals surface area contributed by atoms with Crippen LogP contribution in [-0.4, -0.2) is 87.0 Å². The van der Waals surface area contributed by atoms with Crippen molar-refractivity contribution in [2.45, 2.75) is 23.4 Å². The maximum Gasteiger partial charge on any atom is 0.261 e. The summed E-state index contributed by atoms with van der Waals surface area (Å²) >= 11 is 0. The molecule has 2 aromatic carbocycles. The maximum absolute atomic E-state index is 14.6. The van der Waals surface area contributed by atoms with Gasteiger partial charge in [0.1, 0.15) is 5.54 Å². The van der Waals surface area contributed by atoms with E-state index in [1.165, 1.54) is 9.80 Å². The molecule has 3 aliphatic rings. The van der Waals surface area contributed by atoms with Crippen LogP contribution in [0.3, 0.4) is 0 Å². The largest absolute Gasteiger partial charge is 0.361 e. The molecule has 4 N–H and O–H groups in total. The molecule has 2 aromatic heterocycles. The van der Waals surface area contributed by atoms with Crippen molar-refractivity contribution < 1.29 is 9.59 Å². The third kappa shape index (κ3) is 2.26. The van der Waals surface area contributed by atoms with Crippen molar-refractivity contribution in [1.29, 1.82) is 10.8 Å². The molecule has 192 valence electrons. The van der Waals surface area contributed by atoms with Crippen LogP contribution in [-0.2, 0) is 21.5 Å². The molecule has 2 spiro atoms. The summed E-state index contributed by atoms with van der Waals surface area (Å²) in [6.07, 6.45) is 2.19. The van der Waals surface area contributed by atoms with Gasteiger partial charge >= 0.3 is 0 Å². The zero-order chi connectivity index (χ0) is 26.7. The Kier molecular flexibility index (Phi) is 4.18. The van der Waals surface area contributed by atoms with Crippen molar-refractivity contribution in [1.82, 2.24) is 29.6 Å². The quantitative estimate of drug-likeness (QED) is 0.315. The van der Waals surface area contributed by atoms with Crippen LogP contribution in [0.2, 0.25) is 0 Å². The monoisotopic (exact) mass is 508 g/mol. The summed E-state index contributed by atoms with van der Waals surface area (Å²) in [5.41, 5.74) is 1.40. The Hall–Kier alpha value is -4.60. The maximum atomic E-state index is 14.6. The van der Waals surface area contributed by atoms with Gasteiger partial charge in [0.05, 0.1) is 11.6 Å². The number of likely N-dealkylation sites (N-methyl/N-ethyl adjacent to an activating group) is 4. The molecule has 0 radical (unpaired) electrons. The van der Waals surface area contributed by atoms with Crippen LogP contribution < -0.4 is 0 Å². The molecule has 7 rings (SSSR count). The molecular weight excluding hydrogens is 480 g/mol. The predicted molar refractivity (Wildman–Crippen MR) is 144 cm³/mol. The van der Waals surface area contributed by atoms with E-state index in [0.717, 1.165) is 32.9 Å². The average molecular weight is 509 g/mol. The number of amides is 2. The van der Waals surface area contributed by atoms with Crippen molar-refractivity contribution in [3.63, 3.8) is 0 Å². The highest BCUT2D eigenvalue weighted by Crippen LogP contribution is 2.60. The zero-order valence-electron chi connectivity index (χ0n) is 21.6. The zero-order valence-corrected chi connectivity index (χ0v) is 21.6. The van der Waals surface area contributed by atoms with Gasteiger partial charge in [-0.15, -0.1) is 0 Å². The molecule has 2 fully saturated rings. The summed E-state index contributed by atoms with van der Waals surface area (Å²) in [6.45, 7) is 0. The van der Waals surface area contributed by atoms with E-state index >= 15 is 0 Å². The lowest BCUT2D eigenvalue weighted by atomic mass is 9.58. The SMILES string of the molecule is CN1C(=N)N(C)[C@@]2(Cc3c([nH]c4ccccc34)[C@]3(C(=O)N(C)C(=N)N3C)[C@@H]2c2c[nH]c3ccccc23)C1=O. The highest BCUT2D eigenvalue weighted by Gasteiger charge is 2.73. The van der Waals surface area contributed by atoms with E-state index in [4.69, 9.17) is 10.8 Å². The van der Waals surface area contributed by atoms with E-state index < -0.39 is 17.0 Å². The van der Waals surface area contributed by atoms with Crippen molar-refractivity contribution in [2.24, 2.45) is 0 Å². The number of carbonyl (C=O) groups is 2. The van der Waals surface area contributed by atoms with Crippen molar-refractivity contribution in [2.75, 3.05) is 28.2 Å². The molecule has 38 heavy (non-hydrogen) atoms. The fraction of sp³-hybridized carbons (Fsp3) is 0.286. The number of guanidine groups is 2. The van der Waals surface area contributed by atoms with Crippen molar-refractivity contribution in [3.05, 3.63) is 71.5 Å². The number of aromatic nitrogens is 2. The number of carbonyl (C=O) groups excluding carboxylic acids is 2. The molecule has 2 amide bonds. The number of hydrogen-bond acceptors (Lipinski definition) is 4. The number of para-hydroxylation sites is 2. The first-order valence-corrected chi connectivity index (χ1v) is 12.5. The molecule has 2 aliphatic heterocycles. The Morgan fingerprint density at radius 2 is 1.42 bits per heavy atom. The van der Waals surface area contributed by atoms with Gasteiger partial charge in [-0.2, -0.15) is 0 Å². The minimum atomic E-state index is -1.43. The summed E-state index contributed by atoms with van der Waals surface area (Å²) < 4.78 is 0. The molecule has 10 heteroatoms. The topological polar surface area (TPSA) is 126 Å². The Morgan fingerprint density at radius 3 is 2.05 bits per heavy atom. The van der Waals surface area contributed by atoms with Crippen LogP contribution in [0.15, 0.2) is 54.7 Å². The third-order valence-electron chi connectivity index (χ3n) is 9.17. The highest BCUT2D eigenvalue weighted by atomic mass is 16.2. The Labute approximate surface area is 218 Å². The molecule has 0 saturated carbocycles. The van der Waals surface area contributed by atoms with Gasteiger partial charge in [0.25, 0.3) is 11.8 Å². The fourth-order valence-corrected chi connectivity index (χ4v) is 7.32. The number of benzene rings is 2. The summed E-state index contributed by atoms with van der Waals surface area (Å²) in [6, 6.07) is 15.7. The summed E-state index contributed by atoms with van der Waals surface area (Å²) in [5.74, 6) is -1.14. The molecule has 4 heterocycles. The fourth-order valence-electron chi connectivity index (χ4n) is 7.32. The van der Waals surface area contributed by atoms with Gasteiger partial charge in [0.15, 0.2) is 5.54 Å². The van der Waals surface area contributed by atoms with Crippen LogP contribution >= 0.6 is 0 Å². The first kappa shape index (κ1) is 22.6. The average Bonchev–Trinajstić information content (AvgIpc) is 3.61. The highest BCUT2D eigenvalue weighted by molar-refractivity contribution is 6.14. The van der Waals surface area contributed by atoms with Gasteiger partial charge in [-0.1, -0.05) is 36.4 Å². The molecular formula is C28H28N8O2. The van der Waals surface area contributed by atoms with Crippen molar-refractivity contribution in [3.8, 4) is 0 Å². The first-order chi connectivity index (χ1) is 18.2. The van der Waals surface area contributed by atoms with E-state index in [1.807, 2.05) is 54.7 Å². The van der Waals surface area contributed by atoms with E-state index in [9.17, 15) is 9.59 Å². The second-order valence-electron chi connectivity index (χ2n) is 10.6. The lowest BCUT2D eigenvalue weighted by Crippen LogP contribution is -2.67. The molecule has 3 atom stereocenters. The normalized spacial score (nSPS) is 27.3. The van der Waals surface area contributed by atoms with Crippen LogP contribution in [0, 0.1) is 10.8 Å². The summed E-state index contributed by atoms with van der Waals surface area (Å²) in [5, 5.41) is 19.6. The number of nitrogens with one attached hydrogen (secondary N) is 4. The van der Waals surface area contributed by atoms with E-state index in [0.29, 0.717) is 12.1 Å². The number of rotatable bonds is 1. The number of aromatic amines is 2. The van der Waals surface area contributed by atoms with Crippen LogP contribution in [0.1, 0.15) is 22.7 Å². The Bertz CT molecular complexity index is 1730. The minimum Gasteiger partial charge on any atom is -0.361 e. The summed E-state index contributed by atoms with van der Waals surface area (Å²) in [7, 11) is 6.76. The third-order valence-corrected chi connectivity index (χ3v) is 9.17. The molecule has 10 nitrogen and oxygen atoms in total. The van der Waals surface area contributed by atoms with Crippen LogP contribution in [0.25, 0.3) is 21.8 Å². The second kappa shape index (κ2) is 7.03. The smallest absolute Gasteiger partial charge is 0.261 e. The van der Waals surface area contributed by atoms with E-state index in [1.54, 1.807) is 38.0 Å². The van der Waals surface area contributed by atoms with Gasteiger partial charge in [-0.05, 0) is 23.3 Å². The lowest BCUT2D eigenvalue weighted by Gasteiger charge is -2.53. The number of H-pyrrole nitrogens is 2. The van der Waals surface area contributed by atoms with Gasteiger partial charge in [0.2, 0.25) is 11.9 Å². The van der Waals surface area contributed by atoms with Gasteiger partial charge in [0, 0.05) is 62.6 Å². The number of fused-ring (bicyclic) bond motifs is 5. The van der Waals surface area contributed by atoms with Gasteiger partial charge < -0.3 is 19.8 Å². The van der Waals surface area contributed by atoms with Crippen LogP contribution in [0.4, 0.5) is 0 Å². The number of nitrogens with zero attached hydrogens (tertiary/aromatic N) is 4. The Morgan fingerprint density at radius 1 is 0.816 bits per heavy atom. The Balaban J connectivity index is 1.69. The molecule has 0 unspecified atom stereocenters. The first-order valence-electron chi connectivity index (χ1n) is 12.5. The van der Waals surface area contributed by atoms with Crippen molar-refractivity contribution >= 4 is 45.5 Å². The number of hydrogen-bond donors (Lipinski definition) is 4. The van der Waals surface area contributed by atoms with Gasteiger partial charge in [-0.25, -0.2) is 0 Å².